The maximum Gasteiger partial charge on any atom is 0.239 e. The molecule has 21 heavy (non-hydrogen) atoms. The van der Waals surface area contributed by atoms with Crippen LogP contribution in [0.2, 0.25) is 0 Å². The Morgan fingerprint density at radius 2 is 2.00 bits per heavy atom. The van der Waals surface area contributed by atoms with Crippen LogP contribution in [0.1, 0.15) is 24.8 Å². The summed E-state index contributed by atoms with van der Waals surface area (Å²) in [5, 5.41) is 5.48. The maximum absolute atomic E-state index is 11.7. The summed E-state index contributed by atoms with van der Waals surface area (Å²) in [6, 6.07) is 7.73. The van der Waals surface area contributed by atoms with E-state index in [0.717, 1.165) is 30.6 Å². The normalized spacial score (nSPS) is 14.1. The lowest BCUT2D eigenvalue weighted by Gasteiger charge is -2.23. The molecule has 0 saturated heterocycles. The molecule has 114 valence electrons. The molecule has 2 amide bonds. The molecule has 0 aromatic heterocycles. The molecule has 1 aliphatic carbocycles. The highest BCUT2D eigenvalue weighted by Gasteiger charge is 2.25. The van der Waals surface area contributed by atoms with E-state index in [1.807, 2.05) is 24.3 Å². The Morgan fingerprint density at radius 3 is 2.67 bits per heavy atom. The van der Waals surface area contributed by atoms with Gasteiger partial charge in [-0.15, -0.1) is 0 Å². The van der Waals surface area contributed by atoms with Crippen LogP contribution in [0, 0.1) is 5.92 Å². The average molecular weight is 290 g/mol. The number of carbonyl (C=O) groups excluding carboxylic acids is 2. The van der Waals surface area contributed by atoms with Crippen molar-refractivity contribution in [3.8, 4) is 5.75 Å². The van der Waals surface area contributed by atoms with Gasteiger partial charge in [0, 0.05) is 12.5 Å². The van der Waals surface area contributed by atoms with Gasteiger partial charge in [-0.3, -0.25) is 9.59 Å². The Labute approximate surface area is 125 Å². The molecular weight excluding hydrogens is 268 g/mol. The molecule has 5 nitrogen and oxygen atoms in total. The number of methoxy groups -OCH3 is 1. The van der Waals surface area contributed by atoms with E-state index in [2.05, 4.69) is 10.6 Å². The van der Waals surface area contributed by atoms with E-state index in [1.54, 1.807) is 7.11 Å². The van der Waals surface area contributed by atoms with Gasteiger partial charge in [-0.05, 0) is 30.9 Å². The Bertz CT molecular complexity index is 498. The molecule has 1 saturated carbocycles. The minimum atomic E-state index is -0.155. The van der Waals surface area contributed by atoms with Crippen LogP contribution in [0.3, 0.4) is 0 Å². The van der Waals surface area contributed by atoms with Crippen molar-refractivity contribution in [2.45, 2.75) is 25.7 Å². The summed E-state index contributed by atoms with van der Waals surface area (Å²) >= 11 is 0. The summed E-state index contributed by atoms with van der Waals surface area (Å²) < 4.78 is 5.26. The second-order valence-corrected chi connectivity index (χ2v) is 5.26. The van der Waals surface area contributed by atoms with Crippen LogP contribution >= 0.6 is 0 Å². The highest BCUT2D eigenvalue weighted by molar-refractivity contribution is 5.86. The van der Waals surface area contributed by atoms with Gasteiger partial charge in [-0.2, -0.15) is 0 Å². The van der Waals surface area contributed by atoms with Crippen LogP contribution in [-0.2, 0) is 16.0 Å². The van der Waals surface area contributed by atoms with E-state index in [9.17, 15) is 9.59 Å². The van der Waals surface area contributed by atoms with Crippen molar-refractivity contribution in [2.75, 3.05) is 20.2 Å². The summed E-state index contributed by atoms with van der Waals surface area (Å²) in [6.07, 6.45) is 3.71. The molecule has 1 fully saturated rings. The van der Waals surface area contributed by atoms with Gasteiger partial charge in [-0.25, -0.2) is 0 Å². The number of hydrogen-bond acceptors (Lipinski definition) is 3. The Balaban J connectivity index is 1.65. The summed E-state index contributed by atoms with van der Waals surface area (Å²) in [7, 11) is 1.63. The number of para-hydroxylation sites is 1. The molecule has 0 radical (unpaired) electrons. The number of hydrogen-bond donors (Lipinski definition) is 2. The second kappa shape index (κ2) is 7.67. The van der Waals surface area contributed by atoms with Crippen molar-refractivity contribution in [1.82, 2.24) is 10.6 Å². The second-order valence-electron chi connectivity index (χ2n) is 5.26. The van der Waals surface area contributed by atoms with Crippen molar-refractivity contribution in [2.24, 2.45) is 5.92 Å². The van der Waals surface area contributed by atoms with Gasteiger partial charge >= 0.3 is 0 Å². The third-order valence-corrected chi connectivity index (χ3v) is 3.81. The van der Waals surface area contributed by atoms with Gasteiger partial charge in [0.15, 0.2) is 0 Å². The first-order chi connectivity index (χ1) is 10.2. The average Bonchev–Trinajstić information content (AvgIpc) is 2.44. The van der Waals surface area contributed by atoms with Gasteiger partial charge in [-0.1, -0.05) is 24.6 Å². The number of amides is 2. The molecule has 0 atom stereocenters. The third kappa shape index (κ3) is 4.48. The lowest BCUT2D eigenvalue weighted by molar-refractivity contribution is -0.130. The Hall–Kier alpha value is -2.04. The van der Waals surface area contributed by atoms with Crippen LogP contribution in [0.4, 0.5) is 0 Å². The molecule has 1 aromatic rings. The van der Waals surface area contributed by atoms with E-state index >= 15 is 0 Å². The molecular formula is C16H22N2O3. The molecule has 2 N–H and O–H groups in total. The van der Waals surface area contributed by atoms with Crippen molar-refractivity contribution >= 4 is 11.8 Å². The summed E-state index contributed by atoms with van der Waals surface area (Å²) in [6.45, 7) is 0.583. The predicted molar refractivity (Wildman–Crippen MR) is 80.1 cm³/mol. The summed E-state index contributed by atoms with van der Waals surface area (Å²) in [4.78, 5) is 23.3. The lowest BCUT2D eigenvalue weighted by atomic mass is 9.85. The molecule has 1 aromatic carbocycles. The van der Waals surface area contributed by atoms with Gasteiger partial charge < -0.3 is 15.4 Å². The molecule has 0 bridgehead atoms. The van der Waals surface area contributed by atoms with Gasteiger partial charge in [0.2, 0.25) is 11.8 Å². The maximum atomic E-state index is 11.7. The minimum absolute atomic E-state index is 0.00105. The number of nitrogens with one attached hydrogen (secondary N) is 2. The first kappa shape index (κ1) is 15.4. The Kier molecular flexibility index (Phi) is 5.60. The monoisotopic (exact) mass is 290 g/mol. The van der Waals surface area contributed by atoms with Crippen LogP contribution in [0.25, 0.3) is 0 Å². The van der Waals surface area contributed by atoms with Crippen LogP contribution in [0.15, 0.2) is 24.3 Å². The zero-order valence-electron chi connectivity index (χ0n) is 12.4. The molecule has 0 aliphatic heterocycles. The van der Waals surface area contributed by atoms with Gasteiger partial charge in [0.1, 0.15) is 5.75 Å². The zero-order valence-corrected chi connectivity index (χ0v) is 12.4. The molecule has 0 unspecified atom stereocenters. The van der Waals surface area contributed by atoms with Crippen molar-refractivity contribution in [3.63, 3.8) is 0 Å². The molecule has 0 heterocycles. The molecule has 2 rings (SSSR count). The fourth-order valence-corrected chi connectivity index (χ4v) is 2.29. The first-order valence-corrected chi connectivity index (χ1v) is 7.37. The lowest BCUT2D eigenvalue weighted by Crippen LogP contribution is -2.41. The van der Waals surface area contributed by atoms with E-state index in [0.29, 0.717) is 13.0 Å². The van der Waals surface area contributed by atoms with Crippen molar-refractivity contribution in [3.05, 3.63) is 29.8 Å². The van der Waals surface area contributed by atoms with E-state index in [4.69, 9.17) is 4.74 Å². The third-order valence-electron chi connectivity index (χ3n) is 3.81. The number of carbonyl (C=O) groups is 2. The topological polar surface area (TPSA) is 67.4 Å². The van der Waals surface area contributed by atoms with Crippen LogP contribution in [0.5, 0.6) is 5.75 Å². The van der Waals surface area contributed by atoms with E-state index < -0.39 is 0 Å². The minimum Gasteiger partial charge on any atom is -0.496 e. The van der Waals surface area contributed by atoms with Crippen molar-refractivity contribution < 1.29 is 14.3 Å². The number of rotatable bonds is 7. The van der Waals surface area contributed by atoms with Gasteiger partial charge in [0.25, 0.3) is 0 Å². The zero-order chi connectivity index (χ0) is 15.1. The predicted octanol–water partition coefficient (Wildman–Crippen LogP) is 1.27. The molecule has 5 heteroatoms. The SMILES string of the molecule is COc1ccccc1CCNC(=O)CNC(=O)C1CCC1. The van der Waals surface area contributed by atoms with E-state index in [1.165, 1.54) is 0 Å². The number of ether oxygens (including phenoxy) is 1. The fourth-order valence-electron chi connectivity index (χ4n) is 2.29. The first-order valence-electron chi connectivity index (χ1n) is 7.37. The summed E-state index contributed by atoms with van der Waals surface area (Å²) in [5.74, 6) is 0.787. The van der Waals surface area contributed by atoms with Crippen molar-refractivity contribution in [1.29, 1.82) is 0 Å². The molecule has 0 spiro atoms. The Morgan fingerprint density at radius 1 is 1.24 bits per heavy atom. The van der Waals surface area contributed by atoms with Crippen LogP contribution < -0.4 is 15.4 Å². The highest BCUT2D eigenvalue weighted by Crippen LogP contribution is 2.25. The summed E-state index contributed by atoms with van der Waals surface area (Å²) in [5.41, 5.74) is 1.05. The fraction of sp³-hybridized carbons (Fsp3) is 0.500. The largest absolute Gasteiger partial charge is 0.496 e. The van der Waals surface area contributed by atoms with Gasteiger partial charge in [0.05, 0.1) is 13.7 Å². The molecule has 1 aliphatic rings. The van der Waals surface area contributed by atoms with E-state index in [-0.39, 0.29) is 24.3 Å². The van der Waals surface area contributed by atoms with Crippen LogP contribution in [-0.4, -0.2) is 32.0 Å². The quantitative estimate of drug-likeness (QED) is 0.794. The smallest absolute Gasteiger partial charge is 0.239 e. The highest BCUT2D eigenvalue weighted by atomic mass is 16.5. The number of benzene rings is 1. The standard InChI is InChI=1S/C16H22N2O3/c1-21-14-8-3-2-5-12(14)9-10-17-15(19)11-18-16(20)13-6-4-7-13/h2-3,5,8,13H,4,6-7,9-11H2,1H3,(H,17,19)(H,18,20).